The number of hydrogen-bond donors (Lipinski definition) is 3. The highest BCUT2D eigenvalue weighted by atomic mass is 32.1. The molecule has 3 aromatic rings. The Hall–Kier alpha value is -3.19. The Labute approximate surface area is 168 Å². The van der Waals surface area contributed by atoms with E-state index in [4.69, 9.17) is 0 Å². The maximum atomic E-state index is 12.2. The van der Waals surface area contributed by atoms with Crippen LogP contribution in [0.2, 0.25) is 0 Å². The number of para-hydroxylation sites is 1. The molecule has 0 bridgehead atoms. The second-order valence-corrected chi connectivity index (χ2v) is 7.37. The van der Waals surface area contributed by atoms with E-state index in [0.717, 1.165) is 22.5 Å². The minimum atomic E-state index is -0.348. The van der Waals surface area contributed by atoms with Crippen molar-refractivity contribution in [2.24, 2.45) is 0 Å². The summed E-state index contributed by atoms with van der Waals surface area (Å²) in [7, 11) is 0. The second-order valence-electron chi connectivity index (χ2n) is 6.51. The lowest BCUT2D eigenvalue weighted by Crippen LogP contribution is -2.19. The molecule has 0 aliphatic heterocycles. The van der Waals surface area contributed by atoms with Crippen molar-refractivity contribution in [2.75, 3.05) is 16.0 Å². The number of anilines is 3. The SMILES string of the molecule is Cc1cc(C)cc(NC(=O)CCc2csc(NC(=O)Nc3ccccc3)n2)c1. The molecule has 0 saturated heterocycles. The lowest BCUT2D eigenvalue weighted by molar-refractivity contribution is -0.116. The van der Waals surface area contributed by atoms with E-state index in [1.54, 1.807) is 12.1 Å². The van der Waals surface area contributed by atoms with Crippen LogP contribution in [-0.2, 0) is 11.2 Å². The number of carbonyl (C=O) groups is 2. The first kappa shape index (κ1) is 19.6. The van der Waals surface area contributed by atoms with E-state index in [1.165, 1.54) is 11.3 Å². The number of nitrogens with zero attached hydrogens (tertiary/aromatic N) is 1. The molecule has 0 fully saturated rings. The molecule has 1 heterocycles. The van der Waals surface area contributed by atoms with Gasteiger partial charge in [-0.15, -0.1) is 11.3 Å². The number of benzene rings is 2. The van der Waals surface area contributed by atoms with Gasteiger partial charge in [0.25, 0.3) is 0 Å². The fraction of sp³-hybridized carbons (Fsp3) is 0.190. The number of aromatic nitrogens is 1. The number of thiazole rings is 1. The molecular weight excluding hydrogens is 372 g/mol. The number of aryl methyl sites for hydroxylation is 3. The average Bonchev–Trinajstić information content (AvgIpc) is 3.07. The van der Waals surface area contributed by atoms with Crippen molar-refractivity contribution in [2.45, 2.75) is 26.7 Å². The van der Waals surface area contributed by atoms with Crippen molar-refractivity contribution in [3.63, 3.8) is 0 Å². The fourth-order valence-corrected chi connectivity index (χ4v) is 3.51. The van der Waals surface area contributed by atoms with E-state index >= 15 is 0 Å². The van der Waals surface area contributed by atoms with Crippen LogP contribution >= 0.6 is 11.3 Å². The third-order valence-electron chi connectivity index (χ3n) is 3.92. The molecule has 1 aromatic heterocycles. The Bertz CT molecular complexity index is 949. The third-order valence-corrected chi connectivity index (χ3v) is 4.72. The van der Waals surface area contributed by atoms with Crippen LogP contribution in [0.5, 0.6) is 0 Å². The molecule has 3 rings (SSSR count). The lowest BCUT2D eigenvalue weighted by Gasteiger charge is -2.07. The number of hydrogen-bond acceptors (Lipinski definition) is 4. The van der Waals surface area contributed by atoms with Gasteiger partial charge in [0.2, 0.25) is 5.91 Å². The van der Waals surface area contributed by atoms with E-state index in [-0.39, 0.29) is 11.9 Å². The van der Waals surface area contributed by atoms with Gasteiger partial charge in [-0.05, 0) is 55.7 Å². The summed E-state index contributed by atoms with van der Waals surface area (Å²) in [6.45, 7) is 4.00. The molecule has 0 atom stereocenters. The highest BCUT2D eigenvalue weighted by Crippen LogP contribution is 2.18. The zero-order chi connectivity index (χ0) is 19.9. The smallest absolute Gasteiger partial charge is 0.325 e. The Morgan fingerprint density at radius 2 is 1.64 bits per heavy atom. The van der Waals surface area contributed by atoms with Gasteiger partial charge < -0.3 is 10.6 Å². The lowest BCUT2D eigenvalue weighted by atomic mass is 10.1. The van der Waals surface area contributed by atoms with E-state index in [2.05, 4.69) is 27.0 Å². The number of urea groups is 1. The van der Waals surface area contributed by atoms with Crippen LogP contribution in [0.25, 0.3) is 0 Å². The zero-order valence-corrected chi connectivity index (χ0v) is 16.6. The quantitative estimate of drug-likeness (QED) is 0.552. The maximum Gasteiger partial charge on any atom is 0.325 e. The van der Waals surface area contributed by atoms with Crippen LogP contribution in [0.3, 0.4) is 0 Å². The van der Waals surface area contributed by atoms with Gasteiger partial charge in [-0.3, -0.25) is 10.1 Å². The molecule has 7 heteroatoms. The molecule has 0 spiro atoms. The topological polar surface area (TPSA) is 83.1 Å². The zero-order valence-electron chi connectivity index (χ0n) is 15.8. The molecule has 0 unspecified atom stereocenters. The Morgan fingerprint density at radius 3 is 2.36 bits per heavy atom. The molecule has 0 aliphatic rings. The summed E-state index contributed by atoms with van der Waals surface area (Å²) < 4.78 is 0. The number of nitrogens with one attached hydrogen (secondary N) is 3. The number of rotatable bonds is 6. The van der Waals surface area contributed by atoms with E-state index in [1.807, 2.05) is 49.6 Å². The molecule has 28 heavy (non-hydrogen) atoms. The molecule has 0 radical (unpaired) electrons. The fourth-order valence-electron chi connectivity index (χ4n) is 2.77. The van der Waals surface area contributed by atoms with E-state index in [0.29, 0.717) is 23.7 Å². The van der Waals surface area contributed by atoms with Crippen LogP contribution in [0.1, 0.15) is 23.2 Å². The largest absolute Gasteiger partial charge is 0.326 e. The molecule has 144 valence electrons. The summed E-state index contributed by atoms with van der Waals surface area (Å²) >= 11 is 1.33. The van der Waals surface area contributed by atoms with Crippen molar-refractivity contribution in [3.05, 3.63) is 70.7 Å². The summed E-state index contributed by atoms with van der Waals surface area (Å²) in [5.74, 6) is -0.0608. The number of carbonyl (C=O) groups excluding carboxylic acids is 2. The van der Waals surface area contributed by atoms with Crippen LogP contribution in [0, 0.1) is 13.8 Å². The average molecular weight is 395 g/mol. The molecular formula is C21H22N4O2S. The predicted octanol–water partition coefficient (Wildman–Crippen LogP) is 4.98. The first-order chi connectivity index (χ1) is 13.5. The van der Waals surface area contributed by atoms with E-state index < -0.39 is 0 Å². The predicted molar refractivity (Wildman–Crippen MR) is 114 cm³/mol. The molecule has 2 aromatic carbocycles. The highest BCUT2D eigenvalue weighted by Gasteiger charge is 2.09. The Morgan fingerprint density at radius 1 is 0.929 bits per heavy atom. The normalized spacial score (nSPS) is 10.4. The Balaban J connectivity index is 1.47. The summed E-state index contributed by atoms with van der Waals surface area (Å²) in [5, 5.41) is 10.7. The summed E-state index contributed by atoms with van der Waals surface area (Å²) in [6.07, 6.45) is 0.835. The number of amides is 3. The first-order valence-electron chi connectivity index (χ1n) is 8.93. The van der Waals surface area contributed by atoms with Gasteiger partial charge in [0.1, 0.15) is 0 Å². The maximum absolute atomic E-state index is 12.2. The van der Waals surface area contributed by atoms with Gasteiger partial charge >= 0.3 is 6.03 Å². The first-order valence-corrected chi connectivity index (χ1v) is 9.81. The molecule has 3 amide bonds. The van der Waals surface area contributed by atoms with E-state index in [9.17, 15) is 9.59 Å². The van der Waals surface area contributed by atoms with Gasteiger partial charge in [0.15, 0.2) is 5.13 Å². The van der Waals surface area contributed by atoms with Gasteiger partial charge in [-0.2, -0.15) is 0 Å². The van der Waals surface area contributed by atoms with Crippen molar-refractivity contribution >= 4 is 39.8 Å². The molecule has 6 nitrogen and oxygen atoms in total. The van der Waals surface area contributed by atoms with Crippen LogP contribution < -0.4 is 16.0 Å². The van der Waals surface area contributed by atoms with Crippen LogP contribution in [-0.4, -0.2) is 16.9 Å². The van der Waals surface area contributed by atoms with Gasteiger partial charge in [-0.1, -0.05) is 24.3 Å². The standard InChI is InChI=1S/C21H22N4O2S/c1-14-10-15(2)12-18(11-14)22-19(26)9-8-17-13-28-21(24-17)25-20(27)23-16-6-4-3-5-7-16/h3-7,10-13H,8-9H2,1-2H3,(H,22,26)(H2,23,24,25,27). The summed E-state index contributed by atoms with van der Waals surface area (Å²) in [4.78, 5) is 28.5. The molecule has 0 aliphatic carbocycles. The second kappa shape index (κ2) is 9.14. The minimum absolute atomic E-state index is 0.0608. The van der Waals surface area contributed by atoms with Crippen molar-refractivity contribution in [3.8, 4) is 0 Å². The monoisotopic (exact) mass is 394 g/mol. The van der Waals surface area contributed by atoms with Crippen molar-refractivity contribution in [1.82, 2.24) is 4.98 Å². The minimum Gasteiger partial charge on any atom is -0.326 e. The van der Waals surface area contributed by atoms with Crippen LogP contribution in [0.4, 0.5) is 21.3 Å². The summed E-state index contributed by atoms with van der Waals surface area (Å²) in [5.41, 5.74) is 4.51. The van der Waals surface area contributed by atoms with Gasteiger partial charge in [0, 0.05) is 23.2 Å². The van der Waals surface area contributed by atoms with Crippen molar-refractivity contribution in [1.29, 1.82) is 0 Å². The molecule has 3 N–H and O–H groups in total. The highest BCUT2D eigenvalue weighted by molar-refractivity contribution is 7.13. The van der Waals surface area contributed by atoms with Gasteiger partial charge in [-0.25, -0.2) is 9.78 Å². The van der Waals surface area contributed by atoms with Gasteiger partial charge in [0.05, 0.1) is 5.69 Å². The summed E-state index contributed by atoms with van der Waals surface area (Å²) in [6, 6.07) is 14.8. The van der Waals surface area contributed by atoms with Crippen molar-refractivity contribution < 1.29 is 9.59 Å². The third kappa shape index (κ3) is 5.92. The Kier molecular flexibility index (Phi) is 6.39. The van der Waals surface area contributed by atoms with Crippen LogP contribution in [0.15, 0.2) is 53.9 Å². The molecule has 0 saturated carbocycles.